The fourth-order valence-corrected chi connectivity index (χ4v) is 2.36. The standard InChI is InChI=1S/C16H12ClF6NO/c17-13-4-2-1-3-10(13)9-24-12-7-5-11(6-8-12)14(25,15(18,19)20)16(21,22)23/h1-8,24-25H,9H2. The first kappa shape index (κ1) is 19.4. The van der Waals surface area contributed by atoms with Crippen LogP contribution >= 0.6 is 11.6 Å². The number of anilines is 1. The number of aliphatic hydroxyl groups is 1. The second-order valence-electron chi connectivity index (χ2n) is 5.23. The van der Waals surface area contributed by atoms with Gasteiger partial charge in [0.1, 0.15) is 0 Å². The molecule has 0 heterocycles. The maximum Gasteiger partial charge on any atom is 0.430 e. The van der Waals surface area contributed by atoms with Crippen LogP contribution in [0.2, 0.25) is 5.02 Å². The van der Waals surface area contributed by atoms with Gasteiger partial charge in [-0.1, -0.05) is 41.9 Å². The van der Waals surface area contributed by atoms with Gasteiger partial charge in [0.25, 0.3) is 5.60 Å². The summed E-state index contributed by atoms with van der Waals surface area (Å²) in [6, 6.07) is 10.0. The number of halogens is 7. The molecule has 0 bridgehead atoms. The van der Waals surface area contributed by atoms with Gasteiger partial charge in [0.15, 0.2) is 0 Å². The number of alkyl halides is 6. The van der Waals surface area contributed by atoms with Crippen molar-refractivity contribution in [3.8, 4) is 0 Å². The van der Waals surface area contributed by atoms with Crippen LogP contribution in [0.4, 0.5) is 32.0 Å². The van der Waals surface area contributed by atoms with E-state index in [2.05, 4.69) is 5.32 Å². The minimum Gasteiger partial charge on any atom is -0.381 e. The summed E-state index contributed by atoms with van der Waals surface area (Å²) >= 11 is 5.95. The molecule has 2 aromatic carbocycles. The Balaban J connectivity index is 2.22. The molecule has 0 aromatic heterocycles. The Morgan fingerprint density at radius 3 is 1.84 bits per heavy atom. The van der Waals surface area contributed by atoms with E-state index in [4.69, 9.17) is 11.6 Å². The van der Waals surface area contributed by atoms with E-state index >= 15 is 0 Å². The molecule has 9 heteroatoms. The van der Waals surface area contributed by atoms with E-state index in [1.807, 2.05) is 0 Å². The summed E-state index contributed by atoms with van der Waals surface area (Å²) < 4.78 is 76.8. The summed E-state index contributed by atoms with van der Waals surface area (Å²) in [6.07, 6.45) is -11.8. The maximum atomic E-state index is 12.8. The van der Waals surface area contributed by atoms with Crippen molar-refractivity contribution >= 4 is 17.3 Å². The van der Waals surface area contributed by atoms with Gasteiger partial charge in [-0.3, -0.25) is 0 Å². The molecule has 0 saturated heterocycles. The topological polar surface area (TPSA) is 32.3 Å². The van der Waals surface area contributed by atoms with Gasteiger partial charge in [0.2, 0.25) is 0 Å². The lowest BCUT2D eigenvalue weighted by atomic mass is 9.92. The molecule has 0 aliphatic rings. The van der Waals surface area contributed by atoms with E-state index in [0.29, 0.717) is 22.7 Å². The van der Waals surface area contributed by atoms with E-state index in [1.54, 1.807) is 24.3 Å². The number of hydrogen-bond acceptors (Lipinski definition) is 2. The Bertz CT molecular complexity index is 713. The molecular formula is C16H12ClF6NO. The summed E-state index contributed by atoms with van der Waals surface area (Å²) in [5, 5.41) is 12.6. The van der Waals surface area contributed by atoms with Gasteiger partial charge in [0, 0.05) is 22.8 Å². The molecule has 0 unspecified atom stereocenters. The third-order valence-corrected chi connectivity index (χ3v) is 3.93. The van der Waals surface area contributed by atoms with Crippen LogP contribution in [-0.2, 0) is 12.1 Å². The molecule has 0 aliphatic heterocycles. The average molecular weight is 384 g/mol. The second-order valence-corrected chi connectivity index (χ2v) is 5.64. The molecule has 2 nitrogen and oxygen atoms in total. The van der Waals surface area contributed by atoms with Crippen LogP contribution in [0.5, 0.6) is 0 Å². The minimum absolute atomic E-state index is 0.224. The third kappa shape index (κ3) is 3.85. The minimum atomic E-state index is -5.91. The summed E-state index contributed by atoms with van der Waals surface area (Å²) in [5.74, 6) is 0. The molecular weight excluding hydrogens is 372 g/mol. The highest BCUT2D eigenvalue weighted by Crippen LogP contribution is 2.50. The molecule has 0 aliphatic carbocycles. The molecule has 0 saturated carbocycles. The number of benzene rings is 2. The smallest absolute Gasteiger partial charge is 0.381 e. The average Bonchev–Trinajstić information content (AvgIpc) is 2.52. The molecule has 0 amide bonds. The third-order valence-electron chi connectivity index (χ3n) is 3.56. The van der Waals surface area contributed by atoms with Gasteiger partial charge in [-0.2, -0.15) is 26.3 Å². The van der Waals surface area contributed by atoms with Gasteiger partial charge < -0.3 is 10.4 Å². The van der Waals surface area contributed by atoms with Crippen molar-refractivity contribution in [2.75, 3.05) is 5.32 Å². The molecule has 0 atom stereocenters. The van der Waals surface area contributed by atoms with Crippen molar-refractivity contribution in [2.45, 2.75) is 24.5 Å². The van der Waals surface area contributed by atoms with Crippen LogP contribution < -0.4 is 5.32 Å². The summed E-state index contributed by atoms with van der Waals surface area (Å²) in [4.78, 5) is 0. The Labute approximate surface area is 144 Å². The fraction of sp³-hybridized carbons (Fsp3) is 0.250. The van der Waals surface area contributed by atoms with E-state index in [1.165, 1.54) is 0 Å². The molecule has 0 spiro atoms. The summed E-state index contributed by atoms with van der Waals surface area (Å²) in [6.45, 7) is 0.224. The Morgan fingerprint density at radius 2 is 1.36 bits per heavy atom. The first-order chi connectivity index (χ1) is 11.5. The molecule has 2 rings (SSSR count). The van der Waals surface area contributed by atoms with Crippen LogP contribution in [0.1, 0.15) is 11.1 Å². The number of nitrogens with one attached hydrogen (secondary N) is 1. The largest absolute Gasteiger partial charge is 0.430 e. The Morgan fingerprint density at radius 1 is 0.840 bits per heavy atom. The van der Waals surface area contributed by atoms with Gasteiger partial charge in [-0.25, -0.2) is 0 Å². The second kappa shape index (κ2) is 6.76. The van der Waals surface area contributed by atoms with Crippen molar-refractivity contribution < 1.29 is 31.4 Å². The van der Waals surface area contributed by atoms with Crippen LogP contribution in [0.15, 0.2) is 48.5 Å². The van der Waals surface area contributed by atoms with Crippen molar-refractivity contribution in [1.29, 1.82) is 0 Å². The molecule has 0 radical (unpaired) electrons. The van der Waals surface area contributed by atoms with Crippen LogP contribution in [0, 0.1) is 0 Å². The van der Waals surface area contributed by atoms with E-state index < -0.39 is 23.5 Å². The van der Waals surface area contributed by atoms with E-state index in [0.717, 1.165) is 12.1 Å². The lowest BCUT2D eigenvalue weighted by Gasteiger charge is -2.32. The van der Waals surface area contributed by atoms with Crippen LogP contribution in [0.25, 0.3) is 0 Å². The fourth-order valence-electron chi connectivity index (χ4n) is 2.16. The Kier molecular flexibility index (Phi) is 5.24. The highest BCUT2D eigenvalue weighted by Gasteiger charge is 2.71. The van der Waals surface area contributed by atoms with Crippen molar-refractivity contribution in [3.63, 3.8) is 0 Å². The zero-order chi connectivity index (χ0) is 18.9. The zero-order valence-corrected chi connectivity index (χ0v) is 13.2. The molecule has 0 fully saturated rings. The van der Waals surface area contributed by atoms with Gasteiger partial charge in [-0.15, -0.1) is 0 Å². The van der Waals surface area contributed by atoms with Crippen LogP contribution in [0.3, 0.4) is 0 Å². The van der Waals surface area contributed by atoms with Crippen LogP contribution in [-0.4, -0.2) is 17.5 Å². The molecule has 25 heavy (non-hydrogen) atoms. The zero-order valence-electron chi connectivity index (χ0n) is 12.4. The molecule has 2 aromatic rings. The van der Waals surface area contributed by atoms with Gasteiger partial charge in [-0.05, 0) is 23.8 Å². The quantitative estimate of drug-likeness (QED) is 0.705. The molecule has 2 N–H and O–H groups in total. The maximum absolute atomic E-state index is 12.8. The highest BCUT2D eigenvalue weighted by molar-refractivity contribution is 6.31. The van der Waals surface area contributed by atoms with E-state index in [9.17, 15) is 31.4 Å². The first-order valence-electron chi connectivity index (χ1n) is 6.90. The summed E-state index contributed by atoms with van der Waals surface area (Å²) in [5.41, 5.74) is -5.26. The monoisotopic (exact) mass is 383 g/mol. The van der Waals surface area contributed by atoms with Crippen molar-refractivity contribution in [1.82, 2.24) is 0 Å². The van der Waals surface area contributed by atoms with Crippen molar-refractivity contribution in [2.24, 2.45) is 0 Å². The van der Waals surface area contributed by atoms with Gasteiger partial charge >= 0.3 is 12.4 Å². The lowest BCUT2D eigenvalue weighted by Crippen LogP contribution is -2.53. The summed E-state index contributed by atoms with van der Waals surface area (Å²) in [7, 11) is 0. The predicted molar refractivity (Wildman–Crippen MR) is 81.2 cm³/mol. The number of hydrogen-bond donors (Lipinski definition) is 2. The van der Waals surface area contributed by atoms with Gasteiger partial charge in [0.05, 0.1) is 0 Å². The SMILES string of the molecule is OC(c1ccc(NCc2ccccc2Cl)cc1)(C(F)(F)F)C(F)(F)F. The van der Waals surface area contributed by atoms with E-state index in [-0.39, 0.29) is 12.2 Å². The number of rotatable bonds is 4. The highest BCUT2D eigenvalue weighted by atomic mass is 35.5. The normalized spacial score (nSPS) is 13.0. The lowest BCUT2D eigenvalue weighted by molar-refractivity contribution is -0.376. The first-order valence-corrected chi connectivity index (χ1v) is 7.28. The molecule has 136 valence electrons. The predicted octanol–water partition coefficient (Wildman–Crippen LogP) is 5.26. The Hall–Kier alpha value is -1.93. The van der Waals surface area contributed by atoms with Crippen molar-refractivity contribution in [3.05, 3.63) is 64.7 Å².